The van der Waals surface area contributed by atoms with Gasteiger partial charge in [0.2, 0.25) is 0 Å². The molecule has 1 aromatic rings. The van der Waals surface area contributed by atoms with Crippen LogP contribution in [0.25, 0.3) is 0 Å². The molecule has 144 valence electrons. The number of nitrogens with one attached hydrogen (secondary N) is 2. The zero-order valence-corrected chi connectivity index (χ0v) is 15.5. The molecule has 1 aromatic carbocycles. The molecule has 2 rings (SSSR count). The van der Waals surface area contributed by atoms with Gasteiger partial charge in [0, 0.05) is 6.04 Å². The molecule has 0 aliphatic heterocycles. The second kappa shape index (κ2) is 8.89. The molecule has 3 atom stereocenters. The first-order valence-electron chi connectivity index (χ1n) is 8.88. The maximum Gasteiger partial charge on any atom is 0.407 e. The quantitative estimate of drug-likeness (QED) is 0.763. The Morgan fingerprint density at radius 1 is 1.12 bits per heavy atom. The first-order chi connectivity index (χ1) is 12.2. The lowest BCUT2D eigenvalue weighted by molar-refractivity contribution is 0.0331. The van der Waals surface area contributed by atoms with Gasteiger partial charge in [-0.3, -0.25) is 0 Å². The molecule has 1 saturated carbocycles. The monoisotopic (exact) mass is 364 g/mol. The lowest BCUT2D eigenvalue weighted by Crippen LogP contribution is -2.52. The highest BCUT2D eigenvalue weighted by Gasteiger charge is 2.32. The highest BCUT2D eigenvalue weighted by atomic mass is 16.6. The molecule has 3 N–H and O–H groups in total. The summed E-state index contributed by atoms with van der Waals surface area (Å²) >= 11 is 0. The average Bonchev–Trinajstić information content (AvgIpc) is 2.55. The van der Waals surface area contributed by atoms with E-state index in [0.717, 1.165) is 5.56 Å². The van der Waals surface area contributed by atoms with Crippen LogP contribution in [0.4, 0.5) is 9.59 Å². The van der Waals surface area contributed by atoms with Gasteiger partial charge in [-0.25, -0.2) is 9.59 Å². The van der Waals surface area contributed by atoms with Gasteiger partial charge in [-0.1, -0.05) is 30.3 Å². The first kappa shape index (κ1) is 20.0. The SMILES string of the molecule is CC(C)(C)OC(=O)N[C@@H]1C[C@@H](NC(=O)OCc2ccccc2)CC[C@H]1O. The molecule has 0 unspecified atom stereocenters. The third-order valence-corrected chi connectivity index (χ3v) is 4.05. The smallest absolute Gasteiger partial charge is 0.407 e. The van der Waals surface area contributed by atoms with Gasteiger partial charge in [0.05, 0.1) is 12.1 Å². The maximum atomic E-state index is 12.0. The maximum absolute atomic E-state index is 12.0. The van der Waals surface area contributed by atoms with Gasteiger partial charge < -0.3 is 25.2 Å². The number of aliphatic hydroxyl groups excluding tert-OH is 1. The van der Waals surface area contributed by atoms with Crippen molar-refractivity contribution in [2.45, 2.75) is 70.4 Å². The predicted octanol–water partition coefficient (Wildman–Crippen LogP) is 2.72. The number of ether oxygens (including phenoxy) is 2. The summed E-state index contributed by atoms with van der Waals surface area (Å²) in [4.78, 5) is 23.9. The summed E-state index contributed by atoms with van der Waals surface area (Å²) in [5.41, 5.74) is 0.300. The lowest BCUT2D eigenvalue weighted by atomic mass is 9.88. The van der Waals surface area contributed by atoms with Crippen molar-refractivity contribution in [1.29, 1.82) is 0 Å². The third kappa shape index (κ3) is 6.92. The summed E-state index contributed by atoms with van der Waals surface area (Å²) in [6.45, 7) is 5.52. The Morgan fingerprint density at radius 3 is 2.46 bits per heavy atom. The van der Waals surface area contributed by atoms with E-state index in [2.05, 4.69) is 10.6 Å². The van der Waals surface area contributed by atoms with Crippen molar-refractivity contribution < 1.29 is 24.2 Å². The van der Waals surface area contributed by atoms with Gasteiger partial charge in [0.25, 0.3) is 0 Å². The van der Waals surface area contributed by atoms with Gasteiger partial charge >= 0.3 is 12.2 Å². The number of amides is 2. The number of hydrogen-bond acceptors (Lipinski definition) is 5. The molecule has 1 aliphatic carbocycles. The van der Waals surface area contributed by atoms with Crippen LogP contribution < -0.4 is 10.6 Å². The predicted molar refractivity (Wildman–Crippen MR) is 96.6 cm³/mol. The zero-order valence-electron chi connectivity index (χ0n) is 15.5. The molecule has 26 heavy (non-hydrogen) atoms. The summed E-state index contributed by atoms with van der Waals surface area (Å²) in [5, 5.41) is 15.6. The normalized spacial score (nSPS) is 23.0. The van der Waals surface area contributed by atoms with Gasteiger partial charge in [0.1, 0.15) is 12.2 Å². The van der Waals surface area contributed by atoms with E-state index in [1.807, 2.05) is 30.3 Å². The van der Waals surface area contributed by atoms with Crippen LogP contribution in [-0.2, 0) is 16.1 Å². The fourth-order valence-electron chi connectivity index (χ4n) is 2.83. The van der Waals surface area contributed by atoms with Crippen molar-refractivity contribution in [2.75, 3.05) is 0 Å². The minimum absolute atomic E-state index is 0.179. The minimum atomic E-state index is -0.666. The van der Waals surface area contributed by atoms with E-state index in [1.54, 1.807) is 20.8 Å². The van der Waals surface area contributed by atoms with Gasteiger partial charge in [-0.15, -0.1) is 0 Å². The van der Waals surface area contributed by atoms with Gasteiger partial charge in [0.15, 0.2) is 0 Å². The van der Waals surface area contributed by atoms with Crippen LogP contribution >= 0.6 is 0 Å². The summed E-state index contributed by atoms with van der Waals surface area (Å²) < 4.78 is 10.4. The number of alkyl carbamates (subject to hydrolysis) is 2. The van der Waals surface area contributed by atoms with Crippen molar-refractivity contribution in [1.82, 2.24) is 10.6 Å². The molecule has 7 heteroatoms. The highest BCUT2D eigenvalue weighted by molar-refractivity contribution is 5.69. The van der Waals surface area contributed by atoms with Crippen molar-refractivity contribution in [3.63, 3.8) is 0 Å². The zero-order chi connectivity index (χ0) is 19.2. The Kier molecular flexibility index (Phi) is 6.85. The summed E-state index contributed by atoms with van der Waals surface area (Å²) in [6, 6.07) is 8.77. The Morgan fingerprint density at radius 2 is 1.81 bits per heavy atom. The largest absolute Gasteiger partial charge is 0.445 e. The summed E-state index contributed by atoms with van der Waals surface area (Å²) in [5.74, 6) is 0. The van der Waals surface area contributed by atoms with Crippen LogP contribution in [0.1, 0.15) is 45.6 Å². The highest BCUT2D eigenvalue weighted by Crippen LogP contribution is 2.20. The van der Waals surface area contributed by atoms with Crippen molar-refractivity contribution in [3.05, 3.63) is 35.9 Å². The van der Waals surface area contributed by atoms with E-state index in [4.69, 9.17) is 9.47 Å². The van der Waals surface area contributed by atoms with E-state index in [9.17, 15) is 14.7 Å². The Bertz CT molecular complexity index is 600. The van der Waals surface area contributed by atoms with Gasteiger partial charge in [-0.05, 0) is 45.6 Å². The number of hydrogen-bond donors (Lipinski definition) is 3. The van der Waals surface area contributed by atoms with E-state index < -0.39 is 29.9 Å². The fraction of sp³-hybridized carbons (Fsp3) is 0.579. The molecular formula is C19H28N2O5. The molecule has 0 radical (unpaired) electrons. The van der Waals surface area contributed by atoms with E-state index in [1.165, 1.54) is 0 Å². The molecule has 1 aliphatic rings. The number of rotatable bonds is 4. The molecule has 0 aromatic heterocycles. The minimum Gasteiger partial charge on any atom is -0.445 e. The van der Waals surface area contributed by atoms with E-state index in [-0.39, 0.29) is 12.6 Å². The van der Waals surface area contributed by atoms with Crippen LogP contribution in [0, 0.1) is 0 Å². The molecule has 0 bridgehead atoms. The van der Waals surface area contributed by atoms with Gasteiger partial charge in [-0.2, -0.15) is 0 Å². The standard InChI is InChI=1S/C19H28N2O5/c1-19(2,3)26-18(24)21-15-11-14(9-10-16(15)22)20-17(23)25-12-13-7-5-4-6-8-13/h4-8,14-16,22H,9-12H2,1-3H3,(H,20,23)(H,21,24)/t14-,15+,16+/m0/s1. The fourth-order valence-corrected chi connectivity index (χ4v) is 2.83. The summed E-state index contributed by atoms with van der Waals surface area (Å²) in [7, 11) is 0. The van der Waals surface area contributed by atoms with Crippen LogP contribution in [0.15, 0.2) is 30.3 Å². The summed E-state index contributed by atoms with van der Waals surface area (Å²) in [6.07, 6.45) is -0.236. The van der Waals surface area contributed by atoms with Crippen molar-refractivity contribution >= 4 is 12.2 Å². The molecule has 0 saturated heterocycles. The molecule has 1 fully saturated rings. The number of benzene rings is 1. The number of aliphatic hydroxyl groups is 1. The van der Waals surface area contributed by atoms with Crippen LogP contribution in [0.2, 0.25) is 0 Å². The number of carbonyl (C=O) groups is 2. The van der Waals surface area contributed by atoms with Crippen LogP contribution in [0.3, 0.4) is 0 Å². The second-order valence-corrected chi connectivity index (χ2v) is 7.54. The molecule has 2 amide bonds. The van der Waals surface area contributed by atoms with Crippen molar-refractivity contribution in [2.24, 2.45) is 0 Å². The molecule has 7 nitrogen and oxygen atoms in total. The molecular weight excluding hydrogens is 336 g/mol. The Labute approximate surface area is 154 Å². The average molecular weight is 364 g/mol. The Balaban J connectivity index is 1.79. The molecule has 0 heterocycles. The van der Waals surface area contributed by atoms with Crippen LogP contribution in [0.5, 0.6) is 0 Å². The molecule has 0 spiro atoms. The lowest BCUT2D eigenvalue weighted by Gasteiger charge is -2.34. The number of carbonyl (C=O) groups excluding carboxylic acids is 2. The van der Waals surface area contributed by atoms with E-state index in [0.29, 0.717) is 19.3 Å². The van der Waals surface area contributed by atoms with Crippen molar-refractivity contribution in [3.8, 4) is 0 Å². The second-order valence-electron chi connectivity index (χ2n) is 7.54. The first-order valence-corrected chi connectivity index (χ1v) is 8.88. The van der Waals surface area contributed by atoms with Crippen LogP contribution in [-0.4, -0.2) is 41.1 Å². The Hall–Kier alpha value is -2.28. The van der Waals surface area contributed by atoms with E-state index >= 15 is 0 Å². The third-order valence-electron chi connectivity index (χ3n) is 4.05. The topological polar surface area (TPSA) is 96.9 Å².